The highest BCUT2D eigenvalue weighted by molar-refractivity contribution is 6.10. The summed E-state index contributed by atoms with van der Waals surface area (Å²) in [6, 6.07) is 13.9. The van der Waals surface area contributed by atoms with Crippen molar-refractivity contribution in [1.29, 1.82) is 0 Å². The van der Waals surface area contributed by atoms with E-state index in [1.165, 1.54) is 18.2 Å². The van der Waals surface area contributed by atoms with E-state index in [1.807, 2.05) is 31.2 Å². The van der Waals surface area contributed by atoms with Crippen LogP contribution in [-0.4, -0.2) is 23.3 Å². The number of nitro benzene ring substituents is 1. The van der Waals surface area contributed by atoms with Gasteiger partial charge in [0, 0.05) is 18.1 Å². The summed E-state index contributed by atoms with van der Waals surface area (Å²) in [5.74, 6) is -2.05. The molecular weight excluding hydrogens is 358 g/mol. The van der Waals surface area contributed by atoms with Crippen LogP contribution < -0.4 is 0 Å². The number of nitro groups is 1. The molecule has 0 aromatic heterocycles. The molecule has 6 nitrogen and oxygen atoms in total. The fourth-order valence-electron chi connectivity index (χ4n) is 3.51. The highest BCUT2D eigenvalue weighted by Gasteiger charge is 2.39. The number of hydrogen-bond acceptors (Lipinski definition) is 5. The van der Waals surface area contributed by atoms with E-state index in [0.717, 1.165) is 22.3 Å². The number of non-ortho nitro benzene ring substituents is 1. The first-order valence-corrected chi connectivity index (χ1v) is 9.13. The third-order valence-electron chi connectivity index (χ3n) is 4.96. The molecule has 0 aliphatic heterocycles. The molecule has 0 unspecified atom stereocenters. The molecule has 2 atom stereocenters. The number of nitrogens with zero attached hydrogens (tertiary/aromatic N) is 1. The predicted octanol–water partition coefficient (Wildman–Crippen LogP) is 4.22. The minimum atomic E-state index is -0.885. The maximum Gasteiger partial charge on any atom is 0.317 e. The van der Waals surface area contributed by atoms with Crippen molar-refractivity contribution >= 4 is 23.0 Å². The normalized spacial score (nSPS) is 19.1. The molecule has 2 aromatic rings. The summed E-state index contributed by atoms with van der Waals surface area (Å²) in [6.45, 7) is 3.90. The summed E-state index contributed by atoms with van der Waals surface area (Å²) in [5.41, 5.74) is 3.46. The lowest BCUT2D eigenvalue weighted by Gasteiger charge is -2.29. The molecule has 1 aliphatic rings. The maximum atomic E-state index is 12.8. The van der Waals surface area contributed by atoms with Crippen LogP contribution in [-0.2, 0) is 14.3 Å². The minimum Gasteiger partial charge on any atom is -0.465 e. The number of aryl methyl sites for hydroxylation is 1. The molecule has 0 amide bonds. The summed E-state index contributed by atoms with van der Waals surface area (Å²) >= 11 is 0. The summed E-state index contributed by atoms with van der Waals surface area (Å²) in [5, 5.41) is 10.9. The molecule has 1 aliphatic carbocycles. The minimum absolute atomic E-state index is 0.00836. The van der Waals surface area contributed by atoms with Gasteiger partial charge in [0.15, 0.2) is 5.78 Å². The van der Waals surface area contributed by atoms with Crippen molar-refractivity contribution in [1.82, 2.24) is 0 Å². The average molecular weight is 379 g/mol. The van der Waals surface area contributed by atoms with E-state index >= 15 is 0 Å². The van der Waals surface area contributed by atoms with Crippen molar-refractivity contribution in [3.63, 3.8) is 0 Å². The predicted molar refractivity (Wildman–Crippen MR) is 105 cm³/mol. The number of carbonyl (C=O) groups excluding carboxylic acids is 2. The zero-order valence-electron chi connectivity index (χ0n) is 15.8. The van der Waals surface area contributed by atoms with Gasteiger partial charge in [-0.1, -0.05) is 29.8 Å². The Hall–Kier alpha value is -3.28. The van der Waals surface area contributed by atoms with Crippen LogP contribution in [0.4, 0.5) is 5.69 Å². The first-order chi connectivity index (χ1) is 13.4. The summed E-state index contributed by atoms with van der Waals surface area (Å²) < 4.78 is 5.15. The smallest absolute Gasteiger partial charge is 0.317 e. The van der Waals surface area contributed by atoms with E-state index in [0.29, 0.717) is 6.42 Å². The van der Waals surface area contributed by atoms with Gasteiger partial charge >= 0.3 is 5.97 Å². The van der Waals surface area contributed by atoms with Gasteiger partial charge in [0.25, 0.3) is 5.69 Å². The molecule has 0 saturated carbocycles. The van der Waals surface area contributed by atoms with Crippen LogP contribution in [0.3, 0.4) is 0 Å². The van der Waals surface area contributed by atoms with Gasteiger partial charge in [-0.05, 0) is 55.2 Å². The van der Waals surface area contributed by atoms with Gasteiger partial charge in [-0.2, -0.15) is 0 Å². The number of hydrogen-bond donors (Lipinski definition) is 0. The largest absolute Gasteiger partial charge is 0.465 e. The van der Waals surface area contributed by atoms with Gasteiger partial charge < -0.3 is 4.74 Å². The van der Waals surface area contributed by atoms with E-state index in [4.69, 9.17) is 4.74 Å². The zero-order chi connectivity index (χ0) is 20.3. The second-order valence-electron chi connectivity index (χ2n) is 6.83. The van der Waals surface area contributed by atoms with E-state index in [1.54, 1.807) is 19.1 Å². The molecule has 0 bridgehead atoms. The van der Waals surface area contributed by atoms with Gasteiger partial charge in [0.2, 0.25) is 0 Å². The third-order valence-corrected chi connectivity index (χ3v) is 4.96. The van der Waals surface area contributed by atoms with Crippen molar-refractivity contribution in [2.45, 2.75) is 26.2 Å². The number of esters is 1. The summed E-state index contributed by atoms with van der Waals surface area (Å²) in [6.07, 6.45) is 1.93. The average Bonchev–Trinajstić information content (AvgIpc) is 2.68. The molecule has 144 valence electrons. The van der Waals surface area contributed by atoms with Crippen LogP contribution in [0.5, 0.6) is 0 Å². The Balaban J connectivity index is 1.99. The van der Waals surface area contributed by atoms with Gasteiger partial charge in [-0.25, -0.2) is 0 Å². The van der Waals surface area contributed by atoms with E-state index in [2.05, 4.69) is 0 Å². The molecule has 0 spiro atoms. The Morgan fingerprint density at radius 2 is 1.79 bits per heavy atom. The second-order valence-corrected chi connectivity index (χ2v) is 6.83. The van der Waals surface area contributed by atoms with Crippen LogP contribution in [0.25, 0.3) is 5.57 Å². The number of benzene rings is 2. The van der Waals surface area contributed by atoms with Crippen LogP contribution >= 0.6 is 0 Å². The number of allylic oxidation sites excluding steroid dienone is 2. The van der Waals surface area contributed by atoms with Crippen molar-refractivity contribution in [3.05, 3.63) is 81.4 Å². The number of ether oxygens (including phenoxy) is 1. The Morgan fingerprint density at radius 1 is 1.14 bits per heavy atom. The molecule has 0 fully saturated rings. The molecule has 28 heavy (non-hydrogen) atoms. The maximum absolute atomic E-state index is 12.8. The highest BCUT2D eigenvalue weighted by atomic mass is 16.6. The van der Waals surface area contributed by atoms with Crippen molar-refractivity contribution in [3.8, 4) is 0 Å². The van der Waals surface area contributed by atoms with Crippen LogP contribution in [0, 0.1) is 23.0 Å². The Bertz CT molecular complexity index is 928. The zero-order valence-corrected chi connectivity index (χ0v) is 15.8. The van der Waals surface area contributed by atoms with Gasteiger partial charge in [0.05, 0.1) is 11.5 Å². The third kappa shape index (κ3) is 4.01. The van der Waals surface area contributed by atoms with E-state index < -0.39 is 16.8 Å². The van der Waals surface area contributed by atoms with Crippen LogP contribution in [0.15, 0.2) is 54.6 Å². The fourth-order valence-corrected chi connectivity index (χ4v) is 3.51. The number of rotatable bonds is 5. The van der Waals surface area contributed by atoms with Crippen LogP contribution in [0.2, 0.25) is 0 Å². The Morgan fingerprint density at radius 3 is 2.36 bits per heavy atom. The fraction of sp³-hybridized carbons (Fsp3) is 0.273. The first-order valence-electron chi connectivity index (χ1n) is 9.13. The lowest BCUT2D eigenvalue weighted by Crippen LogP contribution is -2.34. The summed E-state index contributed by atoms with van der Waals surface area (Å²) in [7, 11) is 0. The SMILES string of the molecule is CCOC(=O)[C@@H]1C(=O)C=C(c2ccc([N+](=O)[O-])cc2)C[C@@H]1c1ccc(C)cc1. The monoisotopic (exact) mass is 379 g/mol. The number of carbonyl (C=O) groups is 2. The quantitative estimate of drug-likeness (QED) is 0.336. The van der Waals surface area contributed by atoms with Crippen LogP contribution in [0.1, 0.15) is 36.0 Å². The van der Waals surface area contributed by atoms with Crippen molar-refractivity contribution < 1.29 is 19.2 Å². The lowest BCUT2D eigenvalue weighted by molar-refractivity contribution is -0.384. The number of ketones is 1. The van der Waals surface area contributed by atoms with Gasteiger partial charge in [-0.3, -0.25) is 19.7 Å². The Labute approximate surface area is 163 Å². The molecule has 0 N–H and O–H groups in total. The van der Waals surface area contributed by atoms with Crippen molar-refractivity contribution in [2.24, 2.45) is 5.92 Å². The van der Waals surface area contributed by atoms with E-state index in [-0.39, 0.29) is 24.0 Å². The molecule has 0 saturated heterocycles. The lowest BCUT2D eigenvalue weighted by atomic mass is 9.73. The molecule has 2 aromatic carbocycles. The molecule has 0 radical (unpaired) electrons. The highest BCUT2D eigenvalue weighted by Crippen LogP contribution is 2.40. The Kier molecular flexibility index (Phi) is 5.68. The van der Waals surface area contributed by atoms with Crippen molar-refractivity contribution in [2.75, 3.05) is 6.61 Å². The first kappa shape index (κ1) is 19.5. The molecule has 6 heteroatoms. The van der Waals surface area contributed by atoms with Gasteiger partial charge in [-0.15, -0.1) is 0 Å². The summed E-state index contributed by atoms with van der Waals surface area (Å²) in [4.78, 5) is 35.7. The molecule has 3 rings (SSSR count). The van der Waals surface area contributed by atoms with E-state index in [9.17, 15) is 19.7 Å². The van der Waals surface area contributed by atoms with Gasteiger partial charge in [0.1, 0.15) is 5.92 Å². The second kappa shape index (κ2) is 8.17. The molecular formula is C22H21NO5. The topological polar surface area (TPSA) is 86.5 Å². The standard InChI is InChI=1S/C22H21NO5/c1-3-28-22(25)21-19(16-6-4-14(2)5-7-16)12-17(13-20(21)24)15-8-10-18(11-9-15)23(26)27/h4-11,13,19,21H,3,12H2,1-2H3/t19-,21+/m1/s1. The molecule has 0 heterocycles.